The molecule has 0 bridgehead atoms. The van der Waals surface area contributed by atoms with Crippen molar-refractivity contribution in [1.82, 2.24) is 15.1 Å². The van der Waals surface area contributed by atoms with E-state index in [2.05, 4.69) is 11.4 Å². The lowest BCUT2D eigenvalue weighted by Gasteiger charge is -2.32. The van der Waals surface area contributed by atoms with E-state index in [0.29, 0.717) is 18.7 Å². The molecule has 35 heavy (non-hydrogen) atoms. The number of benzene rings is 1. The van der Waals surface area contributed by atoms with Gasteiger partial charge in [-0.15, -0.1) is 0 Å². The number of aliphatic hydroxyl groups excluding tert-OH is 1. The first kappa shape index (κ1) is 24.7. The maximum atomic E-state index is 13.6. The lowest BCUT2D eigenvalue weighted by molar-refractivity contribution is -0.128. The fourth-order valence-electron chi connectivity index (χ4n) is 4.87. The summed E-state index contributed by atoms with van der Waals surface area (Å²) in [6.07, 6.45) is 7.33. The second-order valence-electron chi connectivity index (χ2n) is 9.56. The Kier molecular flexibility index (Phi) is 7.39. The number of hydrogen-bond donors (Lipinski definition) is 3. The highest BCUT2D eigenvalue weighted by molar-refractivity contribution is 5.91. The van der Waals surface area contributed by atoms with Gasteiger partial charge in [-0.3, -0.25) is 4.79 Å². The molecule has 2 fully saturated rings. The molecule has 4 unspecified atom stereocenters. The molecule has 0 radical (unpaired) electrons. The van der Waals surface area contributed by atoms with E-state index in [9.17, 15) is 24.3 Å². The van der Waals surface area contributed by atoms with E-state index in [1.54, 1.807) is 29.2 Å². The van der Waals surface area contributed by atoms with Crippen molar-refractivity contribution < 1.29 is 29.0 Å². The summed E-state index contributed by atoms with van der Waals surface area (Å²) in [6, 6.07) is 5.51. The summed E-state index contributed by atoms with van der Waals surface area (Å²) in [5.74, 6) is -0.150. The Hall–Kier alpha value is -3.40. The topological polar surface area (TPSA) is 142 Å². The molecule has 4 rings (SSSR count). The molecule has 4 atom stereocenters. The van der Waals surface area contributed by atoms with Crippen LogP contribution in [0.1, 0.15) is 44.1 Å². The molecule has 10 nitrogen and oxygen atoms in total. The number of carbonyl (C=O) groups excluding carboxylic acids is 4. The van der Waals surface area contributed by atoms with Crippen LogP contribution in [0.3, 0.4) is 0 Å². The number of aliphatic hydroxyl groups is 1. The monoisotopic (exact) mass is 484 g/mol. The zero-order valence-corrected chi connectivity index (χ0v) is 19.6. The zero-order chi connectivity index (χ0) is 25.0. The van der Waals surface area contributed by atoms with Gasteiger partial charge >= 0.3 is 12.1 Å². The molecule has 188 valence electrons. The van der Waals surface area contributed by atoms with Crippen LogP contribution in [0.4, 0.5) is 9.59 Å². The number of hydrogen-bond acceptors (Lipinski definition) is 6. The van der Waals surface area contributed by atoms with Gasteiger partial charge in [0.25, 0.3) is 0 Å². The highest BCUT2D eigenvalue weighted by atomic mass is 16.5. The molecule has 2 aliphatic heterocycles. The first-order chi connectivity index (χ1) is 16.8. The molecule has 0 aromatic heterocycles. The number of rotatable bonds is 4. The average molecular weight is 485 g/mol. The molecule has 1 aromatic carbocycles. The minimum atomic E-state index is -0.926. The first-order valence-electron chi connectivity index (χ1n) is 12.1. The molecule has 10 heteroatoms. The number of ether oxygens (including phenoxy) is 1. The van der Waals surface area contributed by atoms with Gasteiger partial charge in [0, 0.05) is 32.0 Å². The third kappa shape index (κ3) is 5.82. The number of carbonyl (C=O) groups is 4. The van der Waals surface area contributed by atoms with Crippen LogP contribution >= 0.6 is 0 Å². The number of amides is 4. The van der Waals surface area contributed by atoms with Crippen LogP contribution in [-0.2, 0) is 16.1 Å². The molecule has 1 aliphatic carbocycles. The summed E-state index contributed by atoms with van der Waals surface area (Å²) in [5.41, 5.74) is 4.94. The molecule has 1 saturated heterocycles. The summed E-state index contributed by atoms with van der Waals surface area (Å²) in [6.45, 7) is 0.830. The van der Waals surface area contributed by atoms with Gasteiger partial charge < -0.3 is 35.5 Å². The highest BCUT2D eigenvalue weighted by Crippen LogP contribution is 2.43. The Morgan fingerprint density at radius 2 is 2.00 bits per heavy atom. The normalized spacial score (nSPS) is 30.3. The Morgan fingerprint density at radius 1 is 1.23 bits per heavy atom. The van der Waals surface area contributed by atoms with E-state index in [4.69, 9.17) is 10.5 Å². The number of fused-ring (bicyclic) bond motifs is 2. The van der Waals surface area contributed by atoms with E-state index in [0.717, 1.165) is 37.5 Å². The van der Waals surface area contributed by atoms with Crippen molar-refractivity contribution in [2.24, 2.45) is 11.7 Å². The molecule has 4 amide bonds. The molecular formula is C25H32N4O6. The van der Waals surface area contributed by atoms with Gasteiger partial charge in [0.05, 0.1) is 6.10 Å². The minimum absolute atomic E-state index is 0.0393. The molecule has 3 aliphatic rings. The predicted molar refractivity (Wildman–Crippen MR) is 126 cm³/mol. The van der Waals surface area contributed by atoms with Crippen LogP contribution in [0.5, 0.6) is 5.75 Å². The molecule has 4 N–H and O–H groups in total. The maximum absolute atomic E-state index is 13.6. The fraction of sp³-hybridized carbons (Fsp3) is 0.520. The standard InChI is InChI=1S/C25H32N4O6/c26-23(33)35-20-9-7-17(8-10-20)14-28-11-5-3-1-2-4-6-18-13-25(18,16-30)27-22(32)21-12-19(31)15-29(21)24(28)34/h4,6-10,16,18-19,21,31H,1-3,5,11-15H2,(H2,26,33)(H,27,32)/b6-4+. The number of nitrogens with zero attached hydrogens (tertiary/aromatic N) is 2. The SMILES string of the molecule is NC(=O)Oc1ccc(CN2CCCCC/C=C/C3CC3(C=O)NC(=O)C3CC(O)CN3C2=O)cc1. The van der Waals surface area contributed by atoms with Gasteiger partial charge in [0.15, 0.2) is 0 Å². The Balaban J connectivity index is 1.54. The van der Waals surface area contributed by atoms with E-state index < -0.39 is 29.7 Å². The smallest absolute Gasteiger partial charge is 0.409 e. The Bertz CT molecular complexity index is 996. The maximum Gasteiger partial charge on any atom is 0.409 e. The number of allylic oxidation sites excluding steroid dienone is 1. The van der Waals surface area contributed by atoms with Gasteiger partial charge in [-0.05, 0) is 43.4 Å². The number of aldehydes is 1. The third-order valence-electron chi connectivity index (χ3n) is 6.91. The number of nitrogens with two attached hydrogens (primary N) is 1. The van der Waals surface area contributed by atoms with Gasteiger partial charge in [-0.25, -0.2) is 9.59 Å². The van der Waals surface area contributed by atoms with Gasteiger partial charge in [-0.2, -0.15) is 0 Å². The Morgan fingerprint density at radius 3 is 2.71 bits per heavy atom. The summed E-state index contributed by atoms with van der Waals surface area (Å²) < 4.78 is 4.86. The summed E-state index contributed by atoms with van der Waals surface area (Å²) >= 11 is 0. The van der Waals surface area contributed by atoms with Crippen LogP contribution in [0.25, 0.3) is 0 Å². The molecular weight excluding hydrogens is 452 g/mol. The second-order valence-corrected chi connectivity index (χ2v) is 9.56. The van der Waals surface area contributed by atoms with E-state index in [1.165, 1.54) is 4.90 Å². The van der Waals surface area contributed by atoms with Gasteiger partial charge in [0.2, 0.25) is 5.91 Å². The van der Waals surface area contributed by atoms with Crippen LogP contribution in [-0.4, -0.2) is 70.0 Å². The largest absolute Gasteiger partial charge is 0.411 e. The van der Waals surface area contributed by atoms with Crippen molar-refractivity contribution in [1.29, 1.82) is 0 Å². The summed E-state index contributed by atoms with van der Waals surface area (Å²) in [5, 5.41) is 13.2. The zero-order valence-electron chi connectivity index (χ0n) is 19.6. The van der Waals surface area contributed by atoms with Crippen LogP contribution in [0, 0.1) is 5.92 Å². The van der Waals surface area contributed by atoms with Gasteiger partial charge in [0.1, 0.15) is 23.6 Å². The molecule has 2 heterocycles. The van der Waals surface area contributed by atoms with Crippen molar-refractivity contribution in [3.8, 4) is 5.75 Å². The summed E-state index contributed by atoms with van der Waals surface area (Å²) in [7, 11) is 0. The first-order valence-corrected chi connectivity index (χ1v) is 12.1. The quantitative estimate of drug-likeness (QED) is 0.439. The van der Waals surface area contributed by atoms with E-state index in [1.807, 2.05) is 6.08 Å². The van der Waals surface area contributed by atoms with Crippen LogP contribution in [0.15, 0.2) is 36.4 Å². The number of primary amides is 1. The van der Waals surface area contributed by atoms with Crippen molar-refractivity contribution in [2.75, 3.05) is 13.1 Å². The molecule has 1 saturated carbocycles. The average Bonchev–Trinajstić information content (AvgIpc) is 3.36. The van der Waals surface area contributed by atoms with E-state index in [-0.39, 0.29) is 31.5 Å². The summed E-state index contributed by atoms with van der Waals surface area (Å²) in [4.78, 5) is 52.6. The number of nitrogens with one attached hydrogen (secondary N) is 1. The molecule has 0 spiro atoms. The Labute approximate surface area is 204 Å². The van der Waals surface area contributed by atoms with E-state index >= 15 is 0 Å². The predicted octanol–water partition coefficient (Wildman–Crippen LogP) is 1.71. The second kappa shape index (κ2) is 10.5. The highest BCUT2D eigenvalue weighted by Gasteiger charge is 2.55. The molecule has 1 aromatic rings. The van der Waals surface area contributed by atoms with Crippen LogP contribution in [0.2, 0.25) is 0 Å². The third-order valence-corrected chi connectivity index (χ3v) is 6.91. The number of urea groups is 1. The van der Waals surface area contributed by atoms with Crippen molar-refractivity contribution in [2.45, 2.75) is 62.8 Å². The van der Waals surface area contributed by atoms with Crippen LogP contribution < -0.4 is 15.8 Å². The minimum Gasteiger partial charge on any atom is -0.411 e. The lowest BCUT2D eigenvalue weighted by atomic mass is 10.1. The lowest BCUT2D eigenvalue weighted by Crippen LogP contribution is -2.53. The fourth-order valence-corrected chi connectivity index (χ4v) is 4.87. The van der Waals surface area contributed by atoms with Crippen molar-refractivity contribution in [3.05, 3.63) is 42.0 Å². The van der Waals surface area contributed by atoms with Crippen molar-refractivity contribution in [3.63, 3.8) is 0 Å². The van der Waals surface area contributed by atoms with Gasteiger partial charge in [-0.1, -0.05) is 30.7 Å². The van der Waals surface area contributed by atoms with Crippen molar-refractivity contribution >= 4 is 24.3 Å².